The summed E-state index contributed by atoms with van der Waals surface area (Å²) in [5, 5.41) is 16.3. The SMILES string of the molecule is O=C(NCCc1nnc2n1CCCC2)Nc1cccc2cnccc12. The highest BCUT2D eigenvalue weighted by atomic mass is 16.2. The van der Waals surface area contributed by atoms with Crippen LogP contribution in [0.25, 0.3) is 10.8 Å². The average Bonchev–Trinajstić information content (AvgIpc) is 3.05. The molecule has 0 saturated carbocycles. The van der Waals surface area contributed by atoms with Gasteiger partial charge in [0.15, 0.2) is 0 Å². The minimum Gasteiger partial charge on any atom is -0.337 e. The van der Waals surface area contributed by atoms with E-state index in [1.54, 1.807) is 12.4 Å². The van der Waals surface area contributed by atoms with Gasteiger partial charge in [0, 0.05) is 49.1 Å². The summed E-state index contributed by atoms with van der Waals surface area (Å²) in [5.41, 5.74) is 0.775. The molecule has 2 N–H and O–H groups in total. The van der Waals surface area contributed by atoms with Crippen molar-refractivity contribution >= 4 is 22.5 Å². The Morgan fingerprint density at radius 1 is 1.20 bits per heavy atom. The van der Waals surface area contributed by atoms with Gasteiger partial charge in [-0.15, -0.1) is 10.2 Å². The normalized spacial score (nSPS) is 13.4. The molecule has 1 aliphatic heterocycles. The fraction of sp³-hybridized carbons (Fsp3) is 0.333. The van der Waals surface area contributed by atoms with Crippen LogP contribution in [0.3, 0.4) is 0 Å². The smallest absolute Gasteiger partial charge is 0.319 e. The zero-order chi connectivity index (χ0) is 17.1. The summed E-state index contributed by atoms with van der Waals surface area (Å²) < 4.78 is 2.18. The Kier molecular flexibility index (Phi) is 4.28. The summed E-state index contributed by atoms with van der Waals surface area (Å²) in [7, 11) is 0. The van der Waals surface area contributed by atoms with Crippen molar-refractivity contribution in [1.82, 2.24) is 25.1 Å². The van der Waals surface area contributed by atoms with Gasteiger partial charge in [0.05, 0.1) is 5.69 Å². The second-order valence-electron chi connectivity index (χ2n) is 6.17. The number of aryl methyl sites for hydroxylation is 1. The van der Waals surface area contributed by atoms with Gasteiger partial charge in [-0.05, 0) is 25.0 Å². The Hall–Kier alpha value is -2.96. The maximum absolute atomic E-state index is 12.2. The number of hydrogen-bond donors (Lipinski definition) is 2. The largest absolute Gasteiger partial charge is 0.337 e. The maximum atomic E-state index is 12.2. The van der Waals surface area contributed by atoms with Crippen LogP contribution in [-0.2, 0) is 19.4 Å². The highest BCUT2D eigenvalue weighted by Gasteiger charge is 2.15. The molecule has 3 aromatic rings. The van der Waals surface area contributed by atoms with E-state index in [1.807, 2.05) is 24.3 Å². The summed E-state index contributed by atoms with van der Waals surface area (Å²) in [6.07, 6.45) is 7.53. The Morgan fingerprint density at radius 2 is 2.16 bits per heavy atom. The maximum Gasteiger partial charge on any atom is 0.319 e. The molecule has 0 saturated heterocycles. The minimum absolute atomic E-state index is 0.220. The summed E-state index contributed by atoms with van der Waals surface area (Å²) in [6, 6.07) is 7.44. The van der Waals surface area contributed by atoms with E-state index >= 15 is 0 Å². The third kappa shape index (κ3) is 3.31. The third-order valence-corrected chi connectivity index (χ3v) is 4.50. The first-order valence-corrected chi connectivity index (χ1v) is 8.60. The topological polar surface area (TPSA) is 84.7 Å². The number of nitrogens with one attached hydrogen (secondary N) is 2. The van der Waals surface area contributed by atoms with Crippen molar-refractivity contribution in [3.8, 4) is 0 Å². The van der Waals surface area contributed by atoms with Crippen LogP contribution in [0, 0.1) is 0 Å². The van der Waals surface area contributed by atoms with Crippen LogP contribution in [-0.4, -0.2) is 32.3 Å². The summed E-state index contributed by atoms with van der Waals surface area (Å²) >= 11 is 0. The van der Waals surface area contributed by atoms with Crippen molar-refractivity contribution in [2.75, 3.05) is 11.9 Å². The van der Waals surface area contributed by atoms with Crippen molar-refractivity contribution in [3.05, 3.63) is 48.3 Å². The molecule has 0 radical (unpaired) electrons. The van der Waals surface area contributed by atoms with E-state index in [0.717, 1.165) is 41.1 Å². The minimum atomic E-state index is -0.220. The summed E-state index contributed by atoms with van der Waals surface area (Å²) in [4.78, 5) is 16.3. The molecule has 2 aromatic heterocycles. The summed E-state index contributed by atoms with van der Waals surface area (Å²) in [5.74, 6) is 2.02. The molecule has 4 rings (SSSR count). The van der Waals surface area contributed by atoms with Gasteiger partial charge >= 0.3 is 6.03 Å². The number of nitrogens with zero attached hydrogens (tertiary/aromatic N) is 4. The van der Waals surface area contributed by atoms with E-state index in [2.05, 4.69) is 30.4 Å². The zero-order valence-electron chi connectivity index (χ0n) is 13.9. The van der Waals surface area contributed by atoms with Crippen LogP contribution >= 0.6 is 0 Å². The molecular weight excluding hydrogens is 316 g/mol. The predicted octanol–water partition coefficient (Wildman–Crippen LogP) is 2.53. The van der Waals surface area contributed by atoms with Gasteiger partial charge < -0.3 is 15.2 Å². The van der Waals surface area contributed by atoms with Crippen molar-refractivity contribution in [1.29, 1.82) is 0 Å². The highest BCUT2D eigenvalue weighted by Crippen LogP contribution is 2.21. The molecule has 25 heavy (non-hydrogen) atoms. The number of benzene rings is 1. The van der Waals surface area contributed by atoms with Crippen LogP contribution in [0.4, 0.5) is 10.5 Å². The first-order chi connectivity index (χ1) is 12.3. The van der Waals surface area contributed by atoms with E-state index in [1.165, 1.54) is 12.8 Å². The summed E-state index contributed by atoms with van der Waals surface area (Å²) in [6.45, 7) is 1.50. The number of urea groups is 1. The van der Waals surface area contributed by atoms with E-state index in [-0.39, 0.29) is 6.03 Å². The predicted molar refractivity (Wildman–Crippen MR) is 95.4 cm³/mol. The first-order valence-electron chi connectivity index (χ1n) is 8.60. The van der Waals surface area contributed by atoms with Crippen LogP contribution in [0.2, 0.25) is 0 Å². The molecule has 0 bridgehead atoms. The van der Waals surface area contributed by atoms with Gasteiger partial charge in [-0.25, -0.2) is 4.79 Å². The number of rotatable bonds is 4. The number of hydrogen-bond acceptors (Lipinski definition) is 4. The number of amides is 2. The number of aromatic nitrogens is 4. The molecular formula is C18H20N6O. The Morgan fingerprint density at radius 3 is 3.12 bits per heavy atom. The number of carbonyl (C=O) groups excluding carboxylic acids is 1. The Bertz CT molecular complexity index is 898. The molecule has 7 nitrogen and oxygen atoms in total. The molecule has 2 amide bonds. The fourth-order valence-electron chi connectivity index (χ4n) is 3.24. The van der Waals surface area contributed by atoms with E-state index in [9.17, 15) is 4.79 Å². The van der Waals surface area contributed by atoms with E-state index < -0.39 is 0 Å². The van der Waals surface area contributed by atoms with Gasteiger partial charge in [-0.3, -0.25) is 4.98 Å². The monoisotopic (exact) mass is 336 g/mol. The molecule has 0 spiro atoms. The zero-order valence-corrected chi connectivity index (χ0v) is 13.9. The lowest BCUT2D eigenvalue weighted by atomic mass is 10.1. The van der Waals surface area contributed by atoms with Crippen LogP contribution in [0.15, 0.2) is 36.7 Å². The lowest BCUT2D eigenvalue weighted by molar-refractivity contribution is 0.252. The molecule has 7 heteroatoms. The number of carbonyl (C=O) groups is 1. The second-order valence-corrected chi connectivity index (χ2v) is 6.17. The molecule has 0 atom stereocenters. The standard InChI is InChI=1S/C18H20N6O/c25-18(21-15-5-3-4-13-12-19-9-7-14(13)15)20-10-8-17-23-22-16-6-1-2-11-24(16)17/h3-5,7,9,12H,1-2,6,8,10-11H2,(H2,20,21,25). The van der Waals surface area contributed by atoms with Gasteiger partial charge in [-0.1, -0.05) is 12.1 Å². The molecule has 1 aromatic carbocycles. The first kappa shape index (κ1) is 15.6. The fourth-order valence-corrected chi connectivity index (χ4v) is 3.24. The van der Waals surface area contributed by atoms with E-state index in [0.29, 0.717) is 13.0 Å². The van der Waals surface area contributed by atoms with Crippen molar-refractivity contribution < 1.29 is 4.79 Å². The molecule has 128 valence electrons. The van der Waals surface area contributed by atoms with Crippen LogP contribution in [0.1, 0.15) is 24.5 Å². The van der Waals surface area contributed by atoms with Gasteiger partial charge in [0.1, 0.15) is 11.6 Å². The number of pyridine rings is 1. The highest BCUT2D eigenvalue weighted by molar-refractivity contribution is 6.01. The molecule has 0 unspecified atom stereocenters. The molecule has 1 aliphatic rings. The number of anilines is 1. The van der Waals surface area contributed by atoms with Crippen molar-refractivity contribution in [2.24, 2.45) is 0 Å². The second kappa shape index (κ2) is 6.88. The third-order valence-electron chi connectivity index (χ3n) is 4.50. The van der Waals surface area contributed by atoms with Gasteiger partial charge in [0.2, 0.25) is 0 Å². The lowest BCUT2D eigenvalue weighted by Crippen LogP contribution is -2.31. The number of fused-ring (bicyclic) bond motifs is 2. The molecule has 0 fully saturated rings. The van der Waals surface area contributed by atoms with Gasteiger partial charge in [0.25, 0.3) is 0 Å². The average molecular weight is 336 g/mol. The molecule has 0 aliphatic carbocycles. The lowest BCUT2D eigenvalue weighted by Gasteiger charge is -2.15. The van der Waals surface area contributed by atoms with Crippen LogP contribution in [0.5, 0.6) is 0 Å². The van der Waals surface area contributed by atoms with Crippen molar-refractivity contribution in [2.45, 2.75) is 32.2 Å². The Labute approximate surface area is 145 Å². The van der Waals surface area contributed by atoms with Crippen molar-refractivity contribution in [3.63, 3.8) is 0 Å². The Balaban J connectivity index is 1.36. The van der Waals surface area contributed by atoms with Gasteiger partial charge in [-0.2, -0.15) is 0 Å². The molecule has 3 heterocycles. The van der Waals surface area contributed by atoms with E-state index in [4.69, 9.17) is 0 Å². The van der Waals surface area contributed by atoms with Crippen LogP contribution < -0.4 is 10.6 Å². The quantitative estimate of drug-likeness (QED) is 0.767.